The van der Waals surface area contributed by atoms with Gasteiger partial charge in [-0.25, -0.2) is 4.79 Å². The van der Waals surface area contributed by atoms with Gasteiger partial charge in [-0.2, -0.15) is 0 Å². The van der Waals surface area contributed by atoms with E-state index in [4.69, 9.17) is 4.74 Å². The van der Waals surface area contributed by atoms with Crippen molar-refractivity contribution in [2.75, 3.05) is 26.2 Å². The SMILES string of the molecule is CC(CNC1=NCCN(C(=O)OC(C)(C)C)C1)C(C)(C)C. The molecule has 0 aromatic rings. The summed E-state index contributed by atoms with van der Waals surface area (Å²) in [5.41, 5.74) is -0.201. The van der Waals surface area contributed by atoms with E-state index in [1.165, 1.54) is 0 Å². The van der Waals surface area contributed by atoms with Crippen LogP contribution in [0.4, 0.5) is 4.79 Å². The highest BCUT2D eigenvalue weighted by Crippen LogP contribution is 2.24. The Morgan fingerprint density at radius 3 is 2.48 bits per heavy atom. The maximum Gasteiger partial charge on any atom is 0.410 e. The minimum absolute atomic E-state index is 0.257. The van der Waals surface area contributed by atoms with Crippen molar-refractivity contribution in [3.8, 4) is 0 Å². The van der Waals surface area contributed by atoms with Gasteiger partial charge in [-0.05, 0) is 32.1 Å². The van der Waals surface area contributed by atoms with Gasteiger partial charge in [0.2, 0.25) is 0 Å². The van der Waals surface area contributed by atoms with Crippen molar-refractivity contribution in [1.29, 1.82) is 0 Å². The van der Waals surface area contributed by atoms with E-state index in [9.17, 15) is 4.79 Å². The quantitative estimate of drug-likeness (QED) is 0.852. The summed E-state index contributed by atoms with van der Waals surface area (Å²) >= 11 is 0. The zero-order chi connectivity index (χ0) is 16.3. The van der Waals surface area contributed by atoms with Crippen LogP contribution in [0.15, 0.2) is 4.99 Å². The zero-order valence-electron chi connectivity index (χ0n) is 14.6. The fourth-order valence-electron chi connectivity index (χ4n) is 1.79. The molecule has 1 N–H and O–H groups in total. The van der Waals surface area contributed by atoms with Gasteiger partial charge in [0.05, 0.1) is 13.1 Å². The fourth-order valence-corrected chi connectivity index (χ4v) is 1.79. The van der Waals surface area contributed by atoms with E-state index in [2.05, 4.69) is 38.0 Å². The summed E-state index contributed by atoms with van der Waals surface area (Å²) in [6.07, 6.45) is -0.263. The number of nitrogens with one attached hydrogen (secondary N) is 1. The van der Waals surface area contributed by atoms with Gasteiger partial charge in [0.25, 0.3) is 0 Å². The first-order valence-electron chi connectivity index (χ1n) is 7.74. The van der Waals surface area contributed by atoms with Crippen molar-refractivity contribution in [1.82, 2.24) is 10.2 Å². The number of rotatable bonds is 2. The molecule has 1 heterocycles. The molecule has 0 aliphatic carbocycles. The monoisotopic (exact) mass is 297 g/mol. The lowest BCUT2D eigenvalue weighted by Crippen LogP contribution is -2.48. The van der Waals surface area contributed by atoms with Crippen molar-refractivity contribution in [2.45, 2.75) is 54.1 Å². The van der Waals surface area contributed by atoms with Crippen molar-refractivity contribution in [2.24, 2.45) is 16.3 Å². The van der Waals surface area contributed by atoms with E-state index >= 15 is 0 Å². The molecular formula is C16H31N3O2. The Morgan fingerprint density at radius 1 is 1.33 bits per heavy atom. The van der Waals surface area contributed by atoms with Crippen LogP contribution in [0.5, 0.6) is 0 Å². The second kappa shape index (κ2) is 6.67. The van der Waals surface area contributed by atoms with E-state index in [0.29, 0.717) is 25.6 Å². The molecule has 0 aromatic carbocycles. The summed E-state index contributed by atoms with van der Waals surface area (Å²) in [5, 5.41) is 3.38. The van der Waals surface area contributed by atoms with Crippen LogP contribution >= 0.6 is 0 Å². The number of nitrogens with zero attached hydrogens (tertiary/aromatic N) is 2. The Balaban J connectivity index is 2.49. The molecule has 1 unspecified atom stereocenters. The lowest BCUT2D eigenvalue weighted by molar-refractivity contribution is 0.0276. The predicted molar refractivity (Wildman–Crippen MR) is 86.7 cm³/mol. The number of amidine groups is 1. The predicted octanol–water partition coefficient (Wildman–Crippen LogP) is 2.91. The molecule has 0 spiro atoms. The van der Waals surface area contributed by atoms with Crippen LogP contribution < -0.4 is 5.32 Å². The lowest BCUT2D eigenvalue weighted by atomic mass is 9.82. The maximum atomic E-state index is 12.1. The molecule has 0 aromatic heterocycles. The number of carbonyl (C=O) groups excluding carboxylic acids is 1. The van der Waals surface area contributed by atoms with E-state index in [1.807, 2.05) is 20.8 Å². The average Bonchev–Trinajstić information content (AvgIpc) is 2.33. The molecule has 1 aliphatic rings. The van der Waals surface area contributed by atoms with Gasteiger partial charge in [-0.1, -0.05) is 27.7 Å². The van der Waals surface area contributed by atoms with Gasteiger partial charge >= 0.3 is 6.09 Å². The minimum Gasteiger partial charge on any atom is -0.444 e. The van der Waals surface area contributed by atoms with Crippen molar-refractivity contribution in [3.63, 3.8) is 0 Å². The van der Waals surface area contributed by atoms with Crippen molar-refractivity contribution >= 4 is 11.9 Å². The summed E-state index contributed by atoms with van der Waals surface area (Å²) in [6, 6.07) is 0. The van der Waals surface area contributed by atoms with Crippen molar-refractivity contribution < 1.29 is 9.53 Å². The highest BCUT2D eigenvalue weighted by molar-refractivity contribution is 5.87. The van der Waals surface area contributed by atoms with Gasteiger partial charge < -0.3 is 10.1 Å². The minimum atomic E-state index is -0.458. The van der Waals surface area contributed by atoms with Crippen LogP contribution in [0.3, 0.4) is 0 Å². The molecule has 21 heavy (non-hydrogen) atoms. The first kappa shape index (κ1) is 17.8. The smallest absolute Gasteiger partial charge is 0.410 e. The molecule has 1 rings (SSSR count). The number of ether oxygens (including phenoxy) is 1. The summed E-state index contributed by atoms with van der Waals surface area (Å²) < 4.78 is 5.41. The summed E-state index contributed by atoms with van der Waals surface area (Å²) in [4.78, 5) is 18.3. The molecule has 0 saturated carbocycles. The normalized spacial score (nSPS) is 18.0. The lowest BCUT2D eigenvalue weighted by Gasteiger charge is -2.32. The molecule has 1 atom stereocenters. The molecule has 0 saturated heterocycles. The van der Waals surface area contributed by atoms with E-state index in [0.717, 1.165) is 12.4 Å². The summed E-state index contributed by atoms with van der Waals surface area (Å²) in [7, 11) is 0. The van der Waals surface area contributed by atoms with E-state index < -0.39 is 5.60 Å². The standard InChI is InChI=1S/C16H31N3O2/c1-12(15(2,3)4)10-18-13-11-19(9-8-17-13)14(20)21-16(5,6)7/h12H,8-11H2,1-7H3,(H,17,18). The molecule has 1 amide bonds. The Hall–Kier alpha value is -1.26. The maximum absolute atomic E-state index is 12.1. The topological polar surface area (TPSA) is 53.9 Å². The number of hydrogen-bond acceptors (Lipinski definition) is 4. The van der Waals surface area contributed by atoms with Gasteiger partial charge in [-0.15, -0.1) is 0 Å². The fraction of sp³-hybridized carbons (Fsp3) is 0.875. The largest absolute Gasteiger partial charge is 0.444 e. The Labute approximate surface area is 129 Å². The Bertz CT molecular complexity index is 391. The van der Waals surface area contributed by atoms with Crippen molar-refractivity contribution in [3.05, 3.63) is 0 Å². The van der Waals surface area contributed by atoms with Crippen LogP contribution in [0.2, 0.25) is 0 Å². The Morgan fingerprint density at radius 2 is 1.95 bits per heavy atom. The van der Waals surface area contributed by atoms with Gasteiger partial charge in [0.1, 0.15) is 11.4 Å². The summed E-state index contributed by atoms with van der Waals surface area (Å²) in [5.74, 6) is 1.40. The number of amides is 1. The molecule has 0 fully saturated rings. The molecular weight excluding hydrogens is 266 g/mol. The van der Waals surface area contributed by atoms with E-state index in [1.54, 1.807) is 4.90 Å². The molecule has 0 bridgehead atoms. The van der Waals surface area contributed by atoms with Gasteiger partial charge in [0.15, 0.2) is 0 Å². The number of carbonyl (C=O) groups is 1. The molecule has 0 radical (unpaired) electrons. The third kappa shape index (κ3) is 6.36. The second-order valence-electron chi connectivity index (χ2n) is 7.88. The molecule has 5 heteroatoms. The second-order valence-corrected chi connectivity index (χ2v) is 7.88. The molecule has 5 nitrogen and oxygen atoms in total. The first-order valence-corrected chi connectivity index (χ1v) is 7.74. The highest BCUT2D eigenvalue weighted by atomic mass is 16.6. The van der Waals surface area contributed by atoms with Crippen LogP contribution in [0.25, 0.3) is 0 Å². The highest BCUT2D eigenvalue weighted by Gasteiger charge is 2.26. The van der Waals surface area contributed by atoms with Crippen LogP contribution in [0.1, 0.15) is 48.5 Å². The third-order valence-electron chi connectivity index (χ3n) is 3.76. The number of hydrogen-bond donors (Lipinski definition) is 1. The van der Waals surface area contributed by atoms with Crippen LogP contribution in [-0.2, 0) is 4.74 Å². The zero-order valence-corrected chi connectivity index (χ0v) is 14.6. The van der Waals surface area contributed by atoms with Gasteiger partial charge in [0, 0.05) is 13.1 Å². The van der Waals surface area contributed by atoms with Crippen LogP contribution in [-0.4, -0.2) is 48.6 Å². The van der Waals surface area contributed by atoms with E-state index in [-0.39, 0.29) is 11.5 Å². The van der Waals surface area contributed by atoms with Gasteiger partial charge in [-0.3, -0.25) is 9.89 Å². The molecule has 122 valence electrons. The van der Waals surface area contributed by atoms with Crippen LogP contribution in [0, 0.1) is 11.3 Å². The average molecular weight is 297 g/mol. The molecule has 1 aliphatic heterocycles. The first-order chi connectivity index (χ1) is 9.49. The Kier molecular flexibility index (Phi) is 5.65. The summed E-state index contributed by atoms with van der Waals surface area (Å²) in [6.45, 7) is 17.2. The third-order valence-corrected chi connectivity index (χ3v) is 3.76. The number of aliphatic imine (C=N–C) groups is 1.